The molecular weight excluding hydrogens is 238 g/mol. The quantitative estimate of drug-likeness (QED) is 0.745. The van der Waals surface area contributed by atoms with E-state index in [4.69, 9.17) is 4.74 Å². The number of aromatic nitrogens is 1. The molecule has 0 bridgehead atoms. The maximum Gasteiger partial charge on any atom is 0.126 e. The first-order valence-electron chi connectivity index (χ1n) is 7.13. The standard InChI is InChI=1S/C15H27N3O/c1-5-8-16-15-10-14(7-9-17-15)11-18(6-2)13(3)12-19-4/h7,9-10,13H,5-6,8,11-12H2,1-4H3,(H,16,17). The molecule has 4 nitrogen and oxygen atoms in total. The van der Waals surface area contributed by atoms with Gasteiger partial charge in [-0.05, 0) is 37.6 Å². The van der Waals surface area contributed by atoms with Gasteiger partial charge in [-0.2, -0.15) is 0 Å². The fraction of sp³-hybridized carbons (Fsp3) is 0.667. The topological polar surface area (TPSA) is 37.4 Å². The van der Waals surface area contributed by atoms with Gasteiger partial charge in [0.05, 0.1) is 6.61 Å². The molecule has 0 fully saturated rings. The van der Waals surface area contributed by atoms with Crippen LogP contribution in [0.25, 0.3) is 0 Å². The third-order valence-corrected chi connectivity index (χ3v) is 3.20. The molecular formula is C15H27N3O. The molecule has 0 aliphatic rings. The van der Waals surface area contributed by atoms with Crippen LogP contribution in [-0.4, -0.2) is 42.7 Å². The third kappa shape index (κ3) is 5.57. The van der Waals surface area contributed by atoms with Crippen molar-refractivity contribution in [1.29, 1.82) is 0 Å². The zero-order valence-corrected chi connectivity index (χ0v) is 12.6. The van der Waals surface area contributed by atoms with Gasteiger partial charge in [-0.15, -0.1) is 0 Å². The monoisotopic (exact) mass is 265 g/mol. The van der Waals surface area contributed by atoms with Gasteiger partial charge in [0.25, 0.3) is 0 Å². The summed E-state index contributed by atoms with van der Waals surface area (Å²) in [6.07, 6.45) is 2.99. The summed E-state index contributed by atoms with van der Waals surface area (Å²) < 4.78 is 5.23. The Balaban J connectivity index is 2.63. The average Bonchev–Trinajstić information content (AvgIpc) is 2.43. The van der Waals surface area contributed by atoms with E-state index in [-0.39, 0.29) is 0 Å². The molecule has 1 aromatic heterocycles. The largest absolute Gasteiger partial charge is 0.383 e. The summed E-state index contributed by atoms with van der Waals surface area (Å²) in [6.45, 7) is 10.2. The molecule has 1 rings (SSSR count). The molecule has 4 heteroatoms. The van der Waals surface area contributed by atoms with Crippen LogP contribution < -0.4 is 5.32 Å². The van der Waals surface area contributed by atoms with Crippen molar-refractivity contribution in [3.05, 3.63) is 23.9 Å². The van der Waals surface area contributed by atoms with Crippen molar-refractivity contribution < 1.29 is 4.74 Å². The van der Waals surface area contributed by atoms with Crippen LogP contribution in [0.1, 0.15) is 32.8 Å². The zero-order valence-electron chi connectivity index (χ0n) is 12.6. The highest BCUT2D eigenvalue weighted by Gasteiger charge is 2.12. The molecule has 0 aliphatic heterocycles. The fourth-order valence-corrected chi connectivity index (χ4v) is 2.08. The van der Waals surface area contributed by atoms with Crippen molar-refractivity contribution in [2.24, 2.45) is 0 Å². The first-order valence-corrected chi connectivity index (χ1v) is 7.13. The first-order chi connectivity index (χ1) is 9.21. The van der Waals surface area contributed by atoms with Crippen molar-refractivity contribution >= 4 is 5.82 Å². The van der Waals surface area contributed by atoms with Crippen LogP contribution in [0.15, 0.2) is 18.3 Å². The lowest BCUT2D eigenvalue weighted by atomic mass is 10.2. The molecule has 108 valence electrons. The number of anilines is 1. The minimum atomic E-state index is 0.426. The molecule has 0 spiro atoms. The van der Waals surface area contributed by atoms with Gasteiger partial charge in [-0.1, -0.05) is 13.8 Å². The lowest BCUT2D eigenvalue weighted by Crippen LogP contribution is -2.35. The van der Waals surface area contributed by atoms with E-state index in [9.17, 15) is 0 Å². The molecule has 0 amide bonds. The molecule has 0 aromatic carbocycles. The van der Waals surface area contributed by atoms with Crippen LogP contribution in [0, 0.1) is 0 Å². The minimum absolute atomic E-state index is 0.426. The van der Waals surface area contributed by atoms with Crippen molar-refractivity contribution in [3.63, 3.8) is 0 Å². The predicted octanol–water partition coefficient (Wildman–Crippen LogP) is 2.76. The van der Waals surface area contributed by atoms with Crippen LogP contribution in [0.4, 0.5) is 5.82 Å². The fourth-order valence-electron chi connectivity index (χ4n) is 2.08. The first kappa shape index (κ1) is 15.9. The normalized spacial score (nSPS) is 12.7. The molecule has 1 N–H and O–H groups in total. The maximum absolute atomic E-state index is 5.23. The summed E-state index contributed by atoms with van der Waals surface area (Å²) in [7, 11) is 1.75. The van der Waals surface area contributed by atoms with E-state index in [1.54, 1.807) is 7.11 Å². The van der Waals surface area contributed by atoms with Gasteiger partial charge in [0, 0.05) is 32.4 Å². The second-order valence-electron chi connectivity index (χ2n) is 4.84. The molecule has 1 unspecified atom stereocenters. The van der Waals surface area contributed by atoms with Crippen molar-refractivity contribution in [1.82, 2.24) is 9.88 Å². The Hall–Kier alpha value is -1.13. The number of nitrogens with one attached hydrogen (secondary N) is 1. The number of methoxy groups -OCH3 is 1. The molecule has 0 saturated heterocycles. The van der Waals surface area contributed by atoms with Crippen molar-refractivity contribution in [3.8, 4) is 0 Å². The van der Waals surface area contributed by atoms with Crippen LogP contribution in [0.5, 0.6) is 0 Å². The van der Waals surface area contributed by atoms with Gasteiger partial charge in [0.1, 0.15) is 5.82 Å². The summed E-state index contributed by atoms with van der Waals surface area (Å²) in [5.41, 5.74) is 1.29. The van der Waals surface area contributed by atoms with Gasteiger partial charge >= 0.3 is 0 Å². The summed E-state index contributed by atoms with van der Waals surface area (Å²) in [4.78, 5) is 6.74. The van der Waals surface area contributed by atoms with E-state index >= 15 is 0 Å². The highest BCUT2D eigenvalue weighted by Crippen LogP contribution is 2.12. The second-order valence-corrected chi connectivity index (χ2v) is 4.84. The number of hydrogen-bond acceptors (Lipinski definition) is 4. The zero-order chi connectivity index (χ0) is 14.1. The minimum Gasteiger partial charge on any atom is -0.383 e. The SMILES string of the molecule is CCCNc1cc(CN(CC)C(C)COC)ccn1. The van der Waals surface area contributed by atoms with E-state index in [1.165, 1.54) is 5.56 Å². The van der Waals surface area contributed by atoms with E-state index in [0.29, 0.717) is 6.04 Å². The van der Waals surface area contributed by atoms with Crippen LogP contribution in [-0.2, 0) is 11.3 Å². The Bertz CT molecular complexity index is 357. The van der Waals surface area contributed by atoms with E-state index in [1.807, 2.05) is 6.20 Å². The number of nitrogens with zero attached hydrogens (tertiary/aromatic N) is 2. The lowest BCUT2D eigenvalue weighted by Gasteiger charge is -2.27. The molecule has 1 aromatic rings. The van der Waals surface area contributed by atoms with Gasteiger partial charge in [0.2, 0.25) is 0 Å². The summed E-state index contributed by atoms with van der Waals surface area (Å²) in [5.74, 6) is 0.967. The highest BCUT2D eigenvalue weighted by atomic mass is 16.5. The number of rotatable bonds is 9. The van der Waals surface area contributed by atoms with Crippen molar-refractivity contribution in [2.75, 3.05) is 32.1 Å². The molecule has 1 atom stereocenters. The Morgan fingerprint density at radius 2 is 2.21 bits per heavy atom. The van der Waals surface area contributed by atoms with E-state index in [2.05, 4.69) is 48.1 Å². The predicted molar refractivity (Wildman–Crippen MR) is 80.4 cm³/mol. The van der Waals surface area contributed by atoms with Crippen LogP contribution in [0.2, 0.25) is 0 Å². The van der Waals surface area contributed by atoms with Crippen molar-refractivity contribution in [2.45, 2.75) is 39.8 Å². The summed E-state index contributed by atoms with van der Waals surface area (Å²) >= 11 is 0. The Morgan fingerprint density at radius 3 is 2.84 bits per heavy atom. The number of hydrogen-bond donors (Lipinski definition) is 1. The summed E-state index contributed by atoms with van der Waals surface area (Å²) in [6, 6.07) is 4.65. The molecule has 0 aliphatic carbocycles. The summed E-state index contributed by atoms with van der Waals surface area (Å²) in [5, 5.41) is 3.33. The van der Waals surface area contributed by atoms with Gasteiger partial charge < -0.3 is 10.1 Å². The van der Waals surface area contributed by atoms with Crippen LogP contribution in [0.3, 0.4) is 0 Å². The Morgan fingerprint density at radius 1 is 1.42 bits per heavy atom. The van der Waals surface area contributed by atoms with Gasteiger partial charge in [-0.25, -0.2) is 4.98 Å². The number of likely N-dealkylation sites (N-methyl/N-ethyl adjacent to an activating group) is 1. The number of ether oxygens (including phenoxy) is 1. The average molecular weight is 265 g/mol. The molecule has 1 heterocycles. The van der Waals surface area contributed by atoms with Gasteiger partial charge in [0.15, 0.2) is 0 Å². The third-order valence-electron chi connectivity index (χ3n) is 3.20. The molecule has 0 saturated carbocycles. The van der Waals surface area contributed by atoms with E-state index in [0.717, 1.165) is 38.5 Å². The van der Waals surface area contributed by atoms with Gasteiger partial charge in [-0.3, -0.25) is 4.90 Å². The molecule has 0 radical (unpaired) electrons. The number of pyridine rings is 1. The Labute approximate surface area is 117 Å². The Kier molecular flexibility index (Phi) is 7.45. The highest BCUT2D eigenvalue weighted by molar-refractivity contribution is 5.37. The lowest BCUT2D eigenvalue weighted by molar-refractivity contribution is 0.0982. The van der Waals surface area contributed by atoms with Crippen LogP contribution >= 0.6 is 0 Å². The smallest absolute Gasteiger partial charge is 0.126 e. The maximum atomic E-state index is 5.23. The van der Waals surface area contributed by atoms with E-state index < -0.39 is 0 Å². The molecule has 19 heavy (non-hydrogen) atoms. The second kappa shape index (κ2) is 8.88.